The highest BCUT2D eigenvalue weighted by Crippen LogP contribution is 2.20. The van der Waals surface area contributed by atoms with Gasteiger partial charge in [0.1, 0.15) is 11.6 Å². The molecule has 0 bridgehead atoms. The molecule has 0 unspecified atom stereocenters. The summed E-state index contributed by atoms with van der Waals surface area (Å²) in [7, 11) is 0. The largest absolute Gasteiger partial charge is 0.480 e. The van der Waals surface area contributed by atoms with Gasteiger partial charge in [0, 0.05) is 23.5 Å². The minimum atomic E-state index is -1.12. The minimum Gasteiger partial charge on any atom is -0.480 e. The van der Waals surface area contributed by atoms with Crippen LogP contribution in [-0.4, -0.2) is 38.7 Å². The lowest BCUT2D eigenvalue weighted by Gasteiger charge is -2.13. The first-order chi connectivity index (χ1) is 13.2. The molecule has 0 aliphatic carbocycles. The third kappa shape index (κ3) is 4.80. The number of carbonyl (C=O) groups is 2. The van der Waals surface area contributed by atoms with Gasteiger partial charge in [-0.2, -0.15) is 0 Å². The minimum absolute atomic E-state index is 0.168. The fraction of sp³-hybridized carbons (Fsp3) is 0.238. The van der Waals surface area contributed by atoms with Gasteiger partial charge in [-0.3, -0.25) is 4.79 Å². The zero-order valence-electron chi connectivity index (χ0n) is 15.4. The zero-order valence-corrected chi connectivity index (χ0v) is 16.3. The van der Waals surface area contributed by atoms with Crippen molar-refractivity contribution in [2.75, 3.05) is 0 Å². The monoisotopic (exact) mass is 396 g/mol. The van der Waals surface area contributed by atoms with Gasteiger partial charge in [-0.1, -0.05) is 30.0 Å². The molecule has 0 aliphatic heterocycles. The topological polar surface area (TPSA) is 102 Å². The standard InChI is InChI=1S/C21H20N2O4S/c1-21(2,27)10-9-14-7-8-18(28-14)19(24)23-17(20(25)26)11-13-12-22-16-6-4-3-5-15(13)16/h3-8,12,17,22,27H,11H2,1-2H3,(H,23,24)(H,25,26)/t17-/m0/s1. The van der Waals surface area contributed by atoms with Gasteiger partial charge in [-0.15, -0.1) is 11.3 Å². The number of para-hydroxylation sites is 1. The van der Waals surface area contributed by atoms with Crippen LogP contribution >= 0.6 is 11.3 Å². The predicted molar refractivity (Wildman–Crippen MR) is 108 cm³/mol. The second kappa shape index (κ2) is 7.89. The van der Waals surface area contributed by atoms with Gasteiger partial charge in [0.15, 0.2) is 0 Å². The third-order valence-electron chi connectivity index (χ3n) is 4.02. The van der Waals surface area contributed by atoms with E-state index in [1.165, 1.54) is 0 Å². The molecule has 3 rings (SSSR count). The molecule has 2 heterocycles. The number of H-pyrrole nitrogens is 1. The quantitative estimate of drug-likeness (QED) is 0.498. The number of carboxylic acids is 1. The van der Waals surface area contributed by atoms with Crippen molar-refractivity contribution in [3.8, 4) is 11.8 Å². The number of carboxylic acid groups (broad SMARTS) is 1. The number of thiophene rings is 1. The van der Waals surface area contributed by atoms with Gasteiger partial charge in [-0.05, 0) is 37.6 Å². The van der Waals surface area contributed by atoms with Gasteiger partial charge in [0.05, 0.1) is 9.75 Å². The first-order valence-corrected chi connectivity index (χ1v) is 9.48. The van der Waals surface area contributed by atoms with Crippen molar-refractivity contribution in [3.05, 3.63) is 57.9 Å². The van der Waals surface area contributed by atoms with Crippen LogP contribution in [0.1, 0.15) is 34.0 Å². The predicted octanol–water partition coefficient (Wildman–Crippen LogP) is 2.78. The van der Waals surface area contributed by atoms with Gasteiger partial charge in [0.25, 0.3) is 5.91 Å². The lowest BCUT2D eigenvalue weighted by Crippen LogP contribution is -2.42. The van der Waals surface area contributed by atoms with E-state index in [4.69, 9.17) is 0 Å². The number of nitrogens with one attached hydrogen (secondary N) is 2. The summed E-state index contributed by atoms with van der Waals surface area (Å²) in [4.78, 5) is 28.3. The first kappa shape index (κ1) is 19.7. The maximum Gasteiger partial charge on any atom is 0.326 e. The number of aromatic amines is 1. The number of fused-ring (bicyclic) bond motifs is 1. The SMILES string of the molecule is CC(C)(O)C#Cc1ccc(C(=O)N[C@@H](Cc2c[nH]c3ccccc23)C(=O)O)s1. The van der Waals surface area contributed by atoms with E-state index in [2.05, 4.69) is 22.1 Å². The second-order valence-corrected chi connectivity index (χ2v) is 7.98. The summed E-state index contributed by atoms with van der Waals surface area (Å²) in [6.07, 6.45) is 1.93. The fourth-order valence-electron chi connectivity index (χ4n) is 2.69. The molecule has 0 saturated carbocycles. The number of rotatable bonds is 5. The molecule has 0 spiro atoms. The van der Waals surface area contributed by atoms with Gasteiger partial charge >= 0.3 is 5.97 Å². The molecule has 1 aromatic carbocycles. The third-order valence-corrected chi connectivity index (χ3v) is 5.02. The van der Waals surface area contributed by atoms with Gasteiger partial charge in [-0.25, -0.2) is 4.79 Å². The lowest BCUT2D eigenvalue weighted by molar-refractivity contribution is -0.139. The van der Waals surface area contributed by atoms with Crippen LogP contribution in [0, 0.1) is 11.8 Å². The molecule has 0 saturated heterocycles. The van der Waals surface area contributed by atoms with E-state index >= 15 is 0 Å². The van der Waals surface area contributed by atoms with Crippen LogP contribution in [0.4, 0.5) is 0 Å². The Labute approximate surface area is 166 Å². The number of hydrogen-bond donors (Lipinski definition) is 4. The molecular weight excluding hydrogens is 376 g/mol. The number of carbonyl (C=O) groups excluding carboxylic acids is 1. The van der Waals surface area contributed by atoms with Crippen LogP contribution in [0.25, 0.3) is 10.9 Å². The van der Waals surface area contributed by atoms with Crippen LogP contribution in [-0.2, 0) is 11.2 Å². The summed E-state index contributed by atoms with van der Waals surface area (Å²) in [5.74, 6) is 3.93. The molecule has 28 heavy (non-hydrogen) atoms. The molecule has 1 atom stereocenters. The number of aliphatic hydroxyl groups is 1. The van der Waals surface area contributed by atoms with Gasteiger partial charge in [0.2, 0.25) is 0 Å². The Bertz CT molecular complexity index is 1080. The summed E-state index contributed by atoms with van der Waals surface area (Å²) >= 11 is 1.15. The van der Waals surface area contributed by atoms with Crippen molar-refractivity contribution in [2.45, 2.75) is 31.9 Å². The van der Waals surface area contributed by atoms with Gasteiger partial charge < -0.3 is 20.5 Å². The van der Waals surface area contributed by atoms with E-state index < -0.39 is 23.5 Å². The maximum atomic E-state index is 12.5. The van der Waals surface area contributed by atoms with Crippen molar-refractivity contribution in [1.82, 2.24) is 10.3 Å². The summed E-state index contributed by atoms with van der Waals surface area (Å²) in [6.45, 7) is 3.15. The number of aliphatic carboxylic acids is 1. The lowest BCUT2D eigenvalue weighted by atomic mass is 10.0. The Hall–Kier alpha value is -3.08. The number of benzene rings is 1. The van der Waals surface area contributed by atoms with E-state index in [0.29, 0.717) is 9.75 Å². The average molecular weight is 396 g/mol. The molecule has 0 radical (unpaired) electrons. The van der Waals surface area contributed by atoms with E-state index in [-0.39, 0.29) is 6.42 Å². The van der Waals surface area contributed by atoms with Crippen LogP contribution in [0.5, 0.6) is 0 Å². The molecule has 1 amide bonds. The summed E-state index contributed by atoms with van der Waals surface area (Å²) in [6, 6.07) is 9.82. The van der Waals surface area contributed by atoms with Crippen LogP contribution < -0.4 is 5.32 Å². The molecule has 144 valence electrons. The van der Waals surface area contributed by atoms with Crippen LogP contribution in [0.3, 0.4) is 0 Å². The average Bonchev–Trinajstić information content (AvgIpc) is 3.26. The van der Waals surface area contributed by atoms with E-state index in [0.717, 1.165) is 27.8 Å². The first-order valence-electron chi connectivity index (χ1n) is 8.67. The second-order valence-electron chi connectivity index (χ2n) is 6.90. The highest BCUT2D eigenvalue weighted by Gasteiger charge is 2.23. The van der Waals surface area contributed by atoms with Crippen LogP contribution in [0.15, 0.2) is 42.6 Å². The van der Waals surface area contributed by atoms with Crippen molar-refractivity contribution < 1.29 is 19.8 Å². The van der Waals surface area contributed by atoms with Crippen molar-refractivity contribution in [3.63, 3.8) is 0 Å². The van der Waals surface area contributed by atoms with E-state index in [1.54, 1.807) is 32.2 Å². The highest BCUT2D eigenvalue weighted by molar-refractivity contribution is 7.14. The normalized spacial score (nSPS) is 12.2. The molecule has 2 aromatic heterocycles. The van der Waals surface area contributed by atoms with Crippen molar-refractivity contribution in [1.29, 1.82) is 0 Å². The maximum absolute atomic E-state index is 12.5. The number of hydrogen-bond acceptors (Lipinski definition) is 4. The Morgan fingerprint density at radius 3 is 2.71 bits per heavy atom. The number of aromatic nitrogens is 1. The number of amides is 1. The summed E-state index contributed by atoms with van der Waals surface area (Å²) in [5.41, 5.74) is 0.618. The van der Waals surface area contributed by atoms with Crippen LogP contribution in [0.2, 0.25) is 0 Å². The molecule has 6 nitrogen and oxygen atoms in total. The molecular formula is C21H20N2O4S. The Balaban J connectivity index is 1.74. The van der Waals surface area contributed by atoms with E-state index in [1.807, 2.05) is 24.3 Å². The Kier molecular flexibility index (Phi) is 5.54. The molecule has 4 N–H and O–H groups in total. The highest BCUT2D eigenvalue weighted by atomic mass is 32.1. The van der Waals surface area contributed by atoms with Crippen molar-refractivity contribution in [2.24, 2.45) is 0 Å². The molecule has 3 aromatic rings. The summed E-state index contributed by atoms with van der Waals surface area (Å²) in [5, 5.41) is 22.7. The van der Waals surface area contributed by atoms with Crippen molar-refractivity contribution >= 4 is 34.1 Å². The molecule has 7 heteroatoms. The Morgan fingerprint density at radius 1 is 1.25 bits per heavy atom. The fourth-order valence-corrected chi connectivity index (χ4v) is 3.45. The smallest absolute Gasteiger partial charge is 0.326 e. The van der Waals surface area contributed by atoms with E-state index in [9.17, 15) is 19.8 Å². The molecule has 0 fully saturated rings. The summed E-state index contributed by atoms with van der Waals surface area (Å²) < 4.78 is 0. The Morgan fingerprint density at radius 2 is 2.00 bits per heavy atom. The zero-order chi connectivity index (χ0) is 20.3. The molecule has 0 aliphatic rings.